The normalized spacial score (nSPS) is 10.7. The van der Waals surface area contributed by atoms with Gasteiger partial charge in [0.05, 0.1) is 21.3 Å². The summed E-state index contributed by atoms with van der Waals surface area (Å²) in [6, 6.07) is 5.38. The molecule has 19 heavy (non-hydrogen) atoms. The van der Waals surface area contributed by atoms with Crippen molar-refractivity contribution in [3.63, 3.8) is 0 Å². The van der Waals surface area contributed by atoms with Crippen LogP contribution in [0.1, 0.15) is 11.3 Å². The van der Waals surface area contributed by atoms with E-state index >= 15 is 0 Å². The fraction of sp³-hybridized carbons (Fsp3) is 0.167. The van der Waals surface area contributed by atoms with Gasteiger partial charge < -0.3 is 5.73 Å². The molecule has 0 aliphatic rings. The van der Waals surface area contributed by atoms with Gasteiger partial charge >= 0.3 is 0 Å². The van der Waals surface area contributed by atoms with Crippen molar-refractivity contribution in [3.8, 4) is 0 Å². The van der Waals surface area contributed by atoms with Gasteiger partial charge in [0.15, 0.2) is 0 Å². The van der Waals surface area contributed by atoms with E-state index < -0.39 is 0 Å². The molecule has 1 aromatic heterocycles. The van der Waals surface area contributed by atoms with Crippen molar-refractivity contribution in [2.75, 3.05) is 0 Å². The smallest absolute Gasteiger partial charge is 0.127 e. The van der Waals surface area contributed by atoms with Gasteiger partial charge in [-0.3, -0.25) is 10.1 Å². The van der Waals surface area contributed by atoms with Crippen LogP contribution in [0.2, 0.25) is 10.0 Å². The number of aromatic nitrogens is 2. The summed E-state index contributed by atoms with van der Waals surface area (Å²) in [6.45, 7) is 1.83. The molecule has 3 N–H and O–H groups in total. The number of aryl methyl sites for hydroxylation is 2. The molecule has 0 spiro atoms. The summed E-state index contributed by atoms with van der Waals surface area (Å²) in [6.07, 6.45) is 0. The predicted octanol–water partition coefficient (Wildman–Crippen LogP) is 3.47. The average Bonchev–Trinajstić information content (AvgIpc) is 2.59. The van der Waals surface area contributed by atoms with E-state index in [0.29, 0.717) is 15.6 Å². The molecule has 7 heteroatoms. The SMILES string of the molecule is Cc1nn(C)c(Sc2ccc(Cl)c(Cl)c2)c1C(=N)N. The van der Waals surface area contributed by atoms with Crippen LogP contribution in [0.5, 0.6) is 0 Å². The summed E-state index contributed by atoms with van der Waals surface area (Å²) in [4.78, 5) is 0.917. The number of rotatable bonds is 3. The number of halogens is 2. The zero-order chi connectivity index (χ0) is 14.2. The fourth-order valence-corrected chi connectivity index (χ4v) is 3.15. The molecule has 4 nitrogen and oxygen atoms in total. The first-order chi connectivity index (χ1) is 8.90. The maximum Gasteiger partial charge on any atom is 0.127 e. The molecule has 0 amide bonds. The van der Waals surface area contributed by atoms with Crippen LogP contribution in [-0.2, 0) is 7.05 Å². The lowest BCUT2D eigenvalue weighted by Gasteiger charge is -2.06. The van der Waals surface area contributed by atoms with Crippen molar-refractivity contribution in [1.82, 2.24) is 9.78 Å². The summed E-state index contributed by atoms with van der Waals surface area (Å²) in [5, 5.41) is 13.7. The van der Waals surface area contributed by atoms with Crippen LogP contribution in [0.3, 0.4) is 0 Å². The molecular formula is C12H12Cl2N4S. The minimum atomic E-state index is 0.00756. The Bertz CT molecular complexity index is 651. The second-order valence-corrected chi connectivity index (χ2v) is 5.86. The van der Waals surface area contributed by atoms with Crippen LogP contribution in [0.25, 0.3) is 0 Å². The lowest BCUT2D eigenvalue weighted by Crippen LogP contribution is -2.13. The van der Waals surface area contributed by atoms with Crippen LogP contribution in [0.15, 0.2) is 28.1 Å². The molecule has 0 bridgehead atoms. The van der Waals surface area contributed by atoms with Crippen molar-refractivity contribution in [1.29, 1.82) is 5.41 Å². The molecule has 1 heterocycles. The molecule has 0 saturated heterocycles. The maximum absolute atomic E-state index is 7.64. The number of benzene rings is 1. The largest absolute Gasteiger partial charge is 0.384 e. The zero-order valence-corrected chi connectivity index (χ0v) is 12.7. The Morgan fingerprint density at radius 3 is 2.63 bits per heavy atom. The van der Waals surface area contributed by atoms with Crippen LogP contribution < -0.4 is 5.73 Å². The quantitative estimate of drug-likeness (QED) is 0.673. The minimum Gasteiger partial charge on any atom is -0.384 e. The minimum absolute atomic E-state index is 0.00756. The first-order valence-corrected chi connectivity index (χ1v) is 6.98. The van der Waals surface area contributed by atoms with E-state index in [1.54, 1.807) is 16.8 Å². The molecule has 0 saturated carbocycles. The lowest BCUT2D eigenvalue weighted by atomic mass is 10.2. The Kier molecular flexibility index (Phi) is 4.08. The third-order valence-corrected chi connectivity index (χ3v) is 4.43. The van der Waals surface area contributed by atoms with Gasteiger partial charge in [0.2, 0.25) is 0 Å². The van der Waals surface area contributed by atoms with E-state index in [-0.39, 0.29) is 5.84 Å². The van der Waals surface area contributed by atoms with E-state index in [9.17, 15) is 0 Å². The highest BCUT2D eigenvalue weighted by molar-refractivity contribution is 7.99. The van der Waals surface area contributed by atoms with Gasteiger partial charge in [-0.25, -0.2) is 0 Å². The Morgan fingerprint density at radius 2 is 2.05 bits per heavy atom. The summed E-state index contributed by atoms with van der Waals surface area (Å²) in [5.41, 5.74) is 6.99. The molecule has 0 fully saturated rings. The van der Waals surface area contributed by atoms with Crippen molar-refractivity contribution in [3.05, 3.63) is 39.5 Å². The highest BCUT2D eigenvalue weighted by Gasteiger charge is 2.17. The summed E-state index contributed by atoms with van der Waals surface area (Å²) in [5.74, 6) is 0.00756. The Balaban J connectivity index is 2.43. The van der Waals surface area contributed by atoms with Crippen molar-refractivity contribution in [2.45, 2.75) is 16.8 Å². The van der Waals surface area contributed by atoms with Crippen LogP contribution >= 0.6 is 35.0 Å². The van der Waals surface area contributed by atoms with E-state index in [1.807, 2.05) is 20.0 Å². The summed E-state index contributed by atoms with van der Waals surface area (Å²) < 4.78 is 1.71. The highest BCUT2D eigenvalue weighted by atomic mass is 35.5. The Labute approximate surface area is 125 Å². The molecule has 0 aliphatic carbocycles. The van der Waals surface area contributed by atoms with Crippen molar-refractivity contribution < 1.29 is 0 Å². The van der Waals surface area contributed by atoms with Gasteiger partial charge in [0, 0.05) is 11.9 Å². The molecule has 0 aliphatic heterocycles. The van der Waals surface area contributed by atoms with Gasteiger partial charge in [0.25, 0.3) is 0 Å². The van der Waals surface area contributed by atoms with Gasteiger partial charge in [-0.15, -0.1) is 0 Å². The number of hydrogen-bond acceptors (Lipinski definition) is 3. The fourth-order valence-electron chi connectivity index (χ4n) is 1.72. The number of nitrogens with one attached hydrogen (secondary N) is 1. The van der Waals surface area contributed by atoms with Crippen molar-refractivity contribution >= 4 is 40.8 Å². The van der Waals surface area contributed by atoms with Crippen LogP contribution in [0, 0.1) is 12.3 Å². The molecule has 2 aromatic rings. The Hall–Kier alpha value is -1.17. The maximum atomic E-state index is 7.64. The van der Waals surface area contributed by atoms with Crippen molar-refractivity contribution in [2.24, 2.45) is 12.8 Å². The molecule has 0 atom stereocenters. The van der Waals surface area contributed by atoms with Crippen LogP contribution in [-0.4, -0.2) is 15.6 Å². The highest BCUT2D eigenvalue weighted by Crippen LogP contribution is 2.34. The van der Waals surface area contributed by atoms with E-state index in [1.165, 1.54) is 11.8 Å². The molecule has 0 radical (unpaired) electrons. The van der Waals surface area contributed by atoms with Gasteiger partial charge in [-0.1, -0.05) is 35.0 Å². The number of nitrogens with zero attached hydrogens (tertiary/aromatic N) is 2. The molecule has 2 rings (SSSR count). The number of nitrogens with two attached hydrogens (primary N) is 1. The summed E-state index contributed by atoms with van der Waals surface area (Å²) >= 11 is 13.3. The number of hydrogen-bond donors (Lipinski definition) is 2. The third-order valence-electron chi connectivity index (χ3n) is 2.54. The first-order valence-electron chi connectivity index (χ1n) is 5.41. The third kappa shape index (κ3) is 2.88. The zero-order valence-electron chi connectivity index (χ0n) is 10.4. The lowest BCUT2D eigenvalue weighted by molar-refractivity contribution is 0.692. The number of nitrogen functional groups attached to an aromatic ring is 1. The monoisotopic (exact) mass is 314 g/mol. The standard InChI is InChI=1S/C12H12Cl2N4S/c1-6-10(11(15)16)12(18(2)17-6)19-7-3-4-8(13)9(14)5-7/h3-5H,1-2H3,(H3,15,16). The molecular weight excluding hydrogens is 303 g/mol. The van der Waals surface area contributed by atoms with Crippen LogP contribution in [0.4, 0.5) is 0 Å². The predicted molar refractivity (Wildman–Crippen MR) is 79.5 cm³/mol. The first kappa shape index (κ1) is 14.2. The van der Waals surface area contributed by atoms with Gasteiger partial charge in [-0.05, 0) is 25.1 Å². The summed E-state index contributed by atoms with van der Waals surface area (Å²) in [7, 11) is 1.82. The second kappa shape index (κ2) is 5.45. The molecule has 100 valence electrons. The van der Waals surface area contributed by atoms with Gasteiger partial charge in [0.1, 0.15) is 10.9 Å². The topological polar surface area (TPSA) is 67.7 Å². The molecule has 0 unspecified atom stereocenters. The van der Waals surface area contributed by atoms with Gasteiger partial charge in [-0.2, -0.15) is 5.10 Å². The Morgan fingerprint density at radius 1 is 1.37 bits per heavy atom. The average molecular weight is 315 g/mol. The van der Waals surface area contributed by atoms with E-state index in [2.05, 4.69) is 5.10 Å². The van der Waals surface area contributed by atoms with E-state index in [4.69, 9.17) is 34.3 Å². The second-order valence-electron chi connectivity index (χ2n) is 3.98. The molecule has 1 aromatic carbocycles. The van der Waals surface area contributed by atoms with E-state index in [0.717, 1.165) is 15.6 Å². The number of amidine groups is 1.